The third kappa shape index (κ3) is 8.47. The van der Waals surface area contributed by atoms with Gasteiger partial charge in [-0.1, -0.05) is 42.4 Å². The molecule has 0 aliphatic rings. The summed E-state index contributed by atoms with van der Waals surface area (Å²) in [5, 5.41) is 10.1. The summed E-state index contributed by atoms with van der Waals surface area (Å²) < 4.78 is 17.3. The van der Waals surface area contributed by atoms with E-state index in [0.29, 0.717) is 12.0 Å². The molecular weight excluding hydrogens is 255 g/mol. The number of ether oxygens (including phenoxy) is 1. The normalized spacial score (nSPS) is 16.1. The van der Waals surface area contributed by atoms with Crippen LogP contribution in [-0.4, -0.2) is 31.1 Å². The summed E-state index contributed by atoms with van der Waals surface area (Å²) in [7, 11) is 1.49. The summed E-state index contributed by atoms with van der Waals surface area (Å²) in [5.41, 5.74) is 0.576. The van der Waals surface area contributed by atoms with Crippen molar-refractivity contribution in [2.24, 2.45) is 0 Å². The van der Waals surface area contributed by atoms with Crippen molar-refractivity contribution < 1.29 is 14.2 Å². The van der Waals surface area contributed by atoms with Crippen LogP contribution in [0.5, 0.6) is 0 Å². The molecule has 0 bridgehead atoms. The van der Waals surface area contributed by atoms with E-state index in [1.54, 1.807) is 12.2 Å². The molecule has 2 unspecified atom stereocenters. The first-order valence-electron chi connectivity index (χ1n) is 6.58. The van der Waals surface area contributed by atoms with Crippen molar-refractivity contribution >= 4 is 0 Å². The van der Waals surface area contributed by atoms with Gasteiger partial charge < -0.3 is 9.84 Å². The van der Waals surface area contributed by atoms with E-state index in [4.69, 9.17) is 11.2 Å². The van der Waals surface area contributed by atoms with Crippen molar-refractivity contribution in [3.05, 3.63) is 48.1 Å². The molecule has 1 N–H and O–H groups in total. The van der Waals surface area contributed by atoms with Gasteiger partial charge in [0.25, 0.3) is 0 Å². The number of hydrogen-bond donors (Lipinski definition) is 1. The summed E-state index contributed by atoms with van der Waals surface area (Å²) in [6, 6.07) is 0. The SMILES string of the molecule is C#CC(/C=C(\C=C/CF)C(O)CC/C=C\C=C/C)OC. The number of terminal acetylenes is 1. The molecule has 0 fully saturated rings. The van der Waals surface area contributed by atoms with Gasteiger partial charge in [0.2, 0.25) is 0 Å². The second-order valence-corrected chi connectivity index (χ2v) is 4.09. The zero-order valence-corrected chi connectivity index (χ0v) is 12.1. The molecule has 0 heterocycles. The van der Waals surface area contributed by atoms with Crippen LogP contribution in [0.2, 0.25) is 0 Å². The van der Waals surface area contributed by atoms with Gasteiger partial charge in [-0.15, -0.1) is 6.42 Å². The number of alkyl halides is 1. The summed E-state index contributed by atoms with van der Waals surface area (Å²) in [5.74, 6) is 2.44. The van der Waals surface area contributed by atoms with Gasteiger partial charge in [-0.05, 0) is 31.4 Å². The highest BCUT2D eigenvalue weighted by atomic mass is 19.1. The molecule has 110 valence electrons. The predicted octanol–water partition coefficient (Wildman–Crippen LogP) is 3.36. The Morgan fingerprint density at radius 2 is 2.15 bits per heavy atom. The summed E-state index contributed by atoms with van der Waals surface area (Å²) >= 11 is 0. The van der Waals surface area contributed by atoms with Crippen LogP contribution >= 0.6 is 0 Å². The lowest BCUT2D eigenvalue weighted by Gasteiger charge is -2.13. The van der Waals surface area contributed by atoms with Crippen molar-refractivity contribution in [3.63, 3.8) is 0 Å². The van der Waals surface area contributed by atoms with E-state index in [-0.39, 0.29) is 0 Å². The van der Waals surface area contributed by atoms with Crippen LogP contribution in [0.15, 0.2) is 48.1 Å². The fraction of sp³-hybridized carbons (Fsp3) is 0.412. The Morgan fingerprint density at radius 3 is 2.70 bits per heavy atom. The second kappa shape index (κ2) is 12.4. The number of methoxy groups -OCH3 is 1. The van der Waals surface area contributed by atoms with Gasteiger partial charge in [0.15, 0.2) is 0 Å². The van der Waals surface area contributed by atoms with Crippen molar-refractivity contribution in [2.75, 3.05) is 13.8 Å². The molecule has 0 rings (SSSR count). The molecule has 0 aromatic rings. The molecule has 0 aromatic carbocycles. The Labute approximate surface area is 121 Å². The molecule has 0 spiro atoms. The number of aliphatic hydroxyl groups excluding tert-OH is 1. The van der Waals surface area contributed by atoms with Crippen LogP contribution in [0.4, 0.5) is 4.39 Å². The maximum atomic E-state index is 12.2. The highest BCUT2D eigenvalue weighted by Gasteiger charge is 2.09. The fourth-order valence-corrected chi connectivity index (χ4v) is 1.52. The lowest BCUT2D eigenvalue weighted by molar-refractivity contribution is 0.176. The Kier molecular flexibility index (Phi) is 11.4. The van der Waals surface area contributed by atoms with Gasteiger partial charge in [-0.2, -0.15) is 0 Å². The van der Waals surface area contributed by atoms with Crippen LogP contribution < -0.4 is 0 Å². The lowest BCUT2D eigenvalue weighted by Crippen LogP contribution is -2.13. The van der Waals surface area contributed by atoms with E-state index in [9.17, 15) is 9.50 Å². The van der Waals surface area contributed by atoms with Crippen molar-refractivity contribution in [1.82, 2.24) is 0 Å². The Balaban J connectivity index is 4.69. The Morgan fingerprint density at radius 1 is 1.40 bits per heavy atom. The Hall–Kier alpha value is -1.63. The topological polar surface area (TPSA) is 29.5 Å². The van der Waals surface area contributed by atoms with Crippen LogP contribution in [0, 0.1) is 12.3 Å². The van der Waals surface area contributed by atoms with Gasteiger partial charge in [0.05, 0.1) is 6.10 Å². The molecule has 0 aliphatic carbocycles. The molecule has 2 atom stereocenters. The minimum absolute atomic E-state index is 0.525. The smallest absolute Gasteiger partial charge is 0.136 e. The quantitative estimate of drug-likeness (QED) is 0.517. The molecule has 0 saturated heterocycles. The first-order valence-corrected chi connectivity index (χ1v) is 6.58. The first kappa shape index (κ1) is 18.4. The molecule has 0 amide bonds. The summed E-state index contributed by atoms with van der Waals surface area (Å²) in [4.78, 5) is 0. The average Bonchev–Trinajstić information content (AvgIpc) is 2.47. The van der Waals surface area contributed by atoms with Gasteiger partial charge in [0.1, 0.15) is 12.8 Å². The van der Waals surface area contributed by atoms with E-state index in [1.165, 1.54) is 13.2 Å². The molecule has 0 aliphatic heterocycles. The largest absolute Gasteiger partial charge is 0.388 e. The maximum Gasteiger partial charge on any atom is 0.136 e. The number of hydrogen-bond acceptors (Lipinski definition) is 2. The summed E-state index contributed by atoms with van der Waals surface area (Å²) in [6.45, 7) is 1.35. The minimum Gasteiger partial charge on any atom is -0.388 e. The Bertz CT molecular complexity index is 400. The standard InChI is InChI=1S/C17H23FO2/c1-4-6-7-8-9-12-17(19)15(11-10-13-18)14-16(5-2)20-3/h2,4,6-8,10-11,14,16-17,19H,9,12-13H2,1,3H3/b6-4-,8-7-,11-10-,15-14+. The summed E-state index contributed by atoms with van der Waals surface area (Å²) in [6.07, 6.45) is 17.6. The van der Waals surface area contributed by atoms with Crippen molar-refractivity contribution in [1.29, 1.82) is 0 Å². The fourth-order valence-electron chi connectivity index (χ4n) is 1.52. The zero-order valence-electron chi connectivity index (χ0n) is 12.1. The second-order valence-electron chi connectivity index (χ2n) is 4.09. The van der Waals surface area contributed by atoms with E-state index < -0.39 is 18.9 Å². The van der Waals surface area contributed by atoms with Crippen molar-refractivity contribution in [2.45, 2.75) is 32.0 Å². The highest BCUT2D eigenvalue weighted by Crippen LogP contribution is 2.13. The molecule has 0 radical (unpaired) electrons. The molecular formula is C17H23FO2. The monoisotopic (exact) mass is 278 g/mol. The van der Waals surface area contributed by atoms with Gasteiger partial charge in [0, 0.05) is 7.11 Å². The van der Waals surface area contributed by atoms with Crippen LogP contribution in [0.1, 0.15) is 19.8 Å². The number of rotatable bonds is 9. The third-order valence-corrected chi connectivity index (χ3v) is 2.59. The van der Waals surface area contributed by atoms with Gasteiger partial charge in [-0.3, -0.25) is 0 Å². The first-order chi connectivity index (χ1) is 9.69. The highest BCUT2D eigenvalue weighted by molar-refractivity contribution is 5.27. The third-order valence-electron chi connectivity index (χ3n) is 2.59. The number of halogens is 1. The minimum atomic E-state index is -0.695. The van der Waals surface area contributed by atoms with Gasteiger partial charge in [-0.25, -0.2) is 4.39 Å². The molecule has 0 saturated carbocycles. The lowest BCUT2D eigenvalue weighted by atomic mass is 10.0. The molecule has 20 heavy (non-hydrogen) atoms. The number of aliphatic hydroxyl groups is 1. The van der Waals surface area contributed by atoms with Crippen LogP contribution in [0.3, 0.4) is 0 Å². The van der Waals surface area contributed by atoms with E-state index in [1.807, 2.05) is 31.2 Å². The maximum absolute atomic E-state index is 12.2. The van der Waals surface area contributed by atoms with E-state index >= 15 is 0 Å². The van der Waals surface area contributed by atoms with Gasteiger partial charge >= 0.3 is 0 Å². The van der Waals surface area contributed by atoms with Crippen LogP contribution in [-0.2, 0) is 4.74 Å². The number of allylic oxidation sites excluding steroid dienone is 5. The molecule has 0 aromatic heterocycles. The van der Waals surface area contributed by atoms with E-state index in [2.05, 4.69) is 5.92 Å². The zero-order chi connectivity index (χ0) is 15.2. The average molecular weight is 278 g/mol. The molecule has 3 heteroatoms. The van der Waals surface area contributed by atoms with Crippen molar-refractivity contribution in [3.8, 4) is 12.3 Å². The molecule has 2 nitrogen and oxygen atoms in total. The predicted molar refractivity (Wildman–Crippen MR) is 82.0 cm³/mol. The van der Waals surface area contributed by atoms with Crippen LogP contribution in [0.25, 0.3) is 0 Å². The van der Waals surface area contributed by atoms with E-state index in [0.717, 1.165) is 6.42 Å².